The van der Waals surface area contributed by atoms with E-state index in [1.165, 1.54) is 0 Å². The first kappa shape index (κ1) is 18.1. The molecule has 4 N–H and O–H groups in total. The van der Waals surface area contributed by atoms with Crippen molar-refractivity contribution in [2.75, 3.05) is 19.7 Å². The Morgan fingerprint density at radius 1 is 1.05 bits per heavy atom. The Labute approximate surface area is 131 Å². The smallest absolute Gasteiger partial charge is 0.109 e. The molecule has 130 valence electrons. The molecule has 0 bridgehead atoms. The van der Waals surface area contributed by atoms with Gasteiger partial charge in [0.2, 0.25) is 0 Å². The number of nitrogens with zero attached hydrogens (tertiary/aromatic N) is 1. The average Bonchev–Trinajstić information content (AvgIpc) is 2.45. The van der Waals surface area contributed by atoms with Crippen LogP contribution in [0.2, 0.25) is 0 Å². The van der Waals surface area contributed by atoms with E-state index in [0.29, 0.717) is 12.5 Å². The molecule has 2 rings (SSSR count). The summed E-state index contributed by atoms with van der Waals surface area (Å²) in [6, 6.07) is -0.547. The Kier molecular flexibility index (Phi) is 5.83. The van der Waals surface area contributed by atoms with Gasteiger partial charge in [0.15, 0.2) is 0 Å². The van der Waals surface area contributed by atoms with Gasteiger partial charge in [-0.1, -0.05) is 0 Å². The SMILES string of the molecule is CC(C)(F)[C@H]1CC[C@@H](CN2C[C@H](O)[C@@H](O)[C@H](O)[C@H]2CO)CC1. The maximum Gasteiger partial charge on any atom is 0.109 e. The second-order valence-electron chi connectivity index (χ2n) is 7.53. The van der Waals surface area contributed by atoms with Crippen molar-refractivity contribution in [1.82, 2.24) is 4.90 Å². The van der Waals surface area contributed by atoms with Crippen LogP contribution in [0.3, 0.4) is 0 Å². The largest absolute Gasteiger partial charge is 0.395 e. The lowest BCUT2D eigenvalue weighted by atomic mass is 9.75. The van der Waals surface area contributed by atoms with Crippen molar-refractivity contribution in [2.45, 2.75) is 69.6 Å². The Bertz CT molecular complexity index is 355. The fourth-order valence-electron chi connectivity index (χ4n) is 3.95. The second-order valence-corrected chi connectivity index (χ2v) is 7.53. The molecule has 0 aromatic heterocycles. The van der Waals surface area contributed by atoms with E-state index in [9.17, 15) is 24.8 Å². The number of rotatable bonds is 4. The Hall–Kier alpha value is -0.270. The molecule has 6 heteroatoms. The van der Waals surface area contributed by atoms with Crippen LogP contribution in [0.4, 0.5) is 4.39 Å². The Morgan fingerprint density at radius 3 is 2.14 bits per heavy atom. The van der Waals surface area contributed by atoms with Crippen molar-refractivity contribution < 1.29 is 24.8 Å². The Morgan fingerprint density at radius 2 is 1.64 bits per heavy atom. The summed E-state index contributed by atoms with van der Waals surface area (Å²) < 4.78 is 14.0. The maximum absolute atomic E-state index is 14.0. The highest BCUT2D eigenvalue weighted by Gasteiger charge is 2.42. The number of halogens is 1. The van der Waals surface area contributed by atoms with Crippen LogP contribution in [-0.2, 0) is 0 Å². The number of β-amino-alcohol motifs (C(OH)–C–C–N with tert-alkyl or cyclic N) is 1. The summed E-state index contributed by atoms with van der Waals surface area (Å²) in [4.78, 5) is 1.87. The fraction of sp³-hybridized carbons (Fsp3) is 1.00. The number of hydrogen-bond acceptors (Lipinski definition) is 5. The molecule has 22 heavy (non-hydrogen) atoms. The molecule has 2 aliphatic rings. The third-order valence-corrected chi connectivity index (χ3v) is 5.53. The summed E-state index contributed by atoms with van der Waals surface area (Å²) in [5, 5.41) is 39.0. The highest BCUT2D eigenvalue weighted by molar-refractivity contribution is 4.95. The first-order valence-electron chi connectivity index (χ1n) is 8.32. The molecule has 0 unspecified atom stereocenters. The zero-order chi connectivity index (χ0) is 16.5. The summed E-state index contributed by atoms with van der Waals surface area (Å²) in [5.41, 5.74) is -1.14. The fourth-order valence-corrected chi connectivity index (χ4v) is 3.95. The molecule has 0 spiro atoms. The van der Waals surface area contributed by atoms with Gasteiger partial charge in [0.05, 0.1) is 18.8 Å². The van der Waals surface area contributed by atoms with E-state index >= 15 is 0 Å². The minimum Gasteiger partial charge on any atom is -0.395 e. The number of alkyl halides is 1. The number of aliphatic hydroxyl groups excluding tert-OH is 4. The van der Waals surface area contributed by atoms with E-state index < -0.39 is 30.0 Å². The lowest BCUT2D eigenvalue weighted by molar-refractivity contribution is -0.148. The summed E-state index contributed by atoms with van der Waals surface area (Å²) in [5.74, 6) is 0.471. The second kappa shape index (κ2) is 7.09. The molecule has 4 atom stereocenters. The molecule has 1 aliphatic heterocycles. The van der Waals surface area contributed by atoms with E-state index in [1.54, 1.807) is 13.8 Å². The lowest BCUT2D eigenvalue weighted by Crippen LogP contribution is -2.63. The summed E-state index contributed by atoms with van der Waals surface area (Å²) in [6.45, 7) is 3.93. The first-order chi connectivity index (χ1) is 10.2. The van der Waals surface area contributed by atoms with Crippen molar-refractivity contribution in [3.05, 3.63) is 0 Å². The molecule has 0 aromatic rings. The molecule has 0 aromatic carbocycles. The summed E-state index contributed by atoms with van der Waals surface area (Å²) >= 11 is 0. The predicted molar refractivity (Wildman–Crippen MR) is 81.1 cm³/mol. The molecule has 2 fully saturated rings. The average molecular weight is 319 g/mol. The van der Waals surface area contributed by atoms with E-state index in [4.69, 9.17) is 0 Å². The van der Waals surface area contributed by atoms with Crippen LogP contribution in [0.25, 0.3) is 0 Å². The number of piperidine rings is 1. The highest BCUT2D eigenvalue weighted by Crippen LogP contribution is 2.38. The minimum atomic E-state index is -1.21. The molecule has 1 aliphatic carbocycles. The van der Waals surface area contributed by atoms with Gasteiger partial charge in [0, 0.05) is 13.1 Å². The van der Waals surface area contributed by atoms with Gasteiger partial charge in [-0.2, -0.15) is 0 Å². The van der Waals surface area contributed by atoms with Gasteiger partial charge in [-0.15, -0.1) is 0 Å². The quantitative estimate of drug-likeness (QED) is 0.599. The first-order valence-corrected chi connectivity index (χ1v) is 8.32. The van der Waals surface area contributed by atoms with Crippen LogP contribution in [0.5, 0.6) is 0 Å². The van der Waals surface area contributed by atoms with E-state index in [2.05, 4.69) is 0 Å². The standard InChI is InChI=1S/C16H30FNO4/c1-16(2,17)11-5-3-10(4-6-11)7-18-8-13(20)15(22)14(21)12(18)9-19/h10-15,19-22H,3-9H2,1-2H3/t10-,11+,12-,13+,14-,15-/m1/s1. The van der Waals surface area contributed by atoms with Crippen LogP contribution in [0.15, 0.2) is 0 Å². The summed E-state index contributed by atoms with van der Waals surface area (Å²) in [7, 11) is 0. The highest BCUT2D eigenvalue weighted by atomic mass is 19.1. The summed E-state index contributed by atoms with van der Waals surface area (Å²) in [6.07, 6.45) is 0.173. The number of aliphatic hydroxyl groups is 4. The maximum atomic E-state index is 14.0. The molecule has 1 saturated heterocycles. The zero-order valence-electron chi connectivity index (χ0n) is 13.5. The van der Waals surface area contributed by atoms with Crippen molar-refractivity contribution in [3.63, 3.8) is 0 Å². The van der Waals surface area contributed by atoms with Crippen LogP contribution in [0.1, 0.15) is 39.5 Å². The molecule has 5 nitrogen and oxygen atoms in total. The lowest BCUT2D eigenvalue weighted by Gasteiger charge is -2.45. The van der Waals surface area contributed by atoms with E-state index in [-0.39, 0.29) is 19.1 Å². The van der Waals surface area contributed by atoms with E-state index in [1.807, 2.05) is 4.90 Å². The van der Waals surface area contributed by atoms with E-state index in [0.717, 1.165) is 25.7 Å². The van der Waals surface area contributed by atoms with Crippen molar-refractivity contribution in [3.8, 4) is 0 Å². The van der Waals surface area contributed by atoms with Gasteiger partial charge in [0.1, 0.15) is 17.9 Å². The third-order valence-electron chi connectivity index (χ3n) is 5.53. The van der Waals surface area contributed by atoms with Gasteiger partial charge in [0.25, 0.3) is 0 Å². The molecule has 1 heterocycles. The Balaban J connectivity index is 1.90. The van der Waals surface area contributed by atoms with Gasteiger partial charge in [-0.25, -0.2) is 4.39 Å². The van der Waals surface area contributed by atoms with Crippen LogP contribution in [-0.4, -0.2) is 75.0 Å². The third kappa shape index (κ3) is 3.97. The van der Waals surface area contributed by atoms with Gasteiger partial charge >= 0.3 is 0 Å². The normalized spacial score (nSPS) is 41.6. The molecule has 0 radical (unpaired) electrons. The van der Waals surface area contributed by atoms with Crippen molar-refractivity contribution >= 4 is 0 Å². The van der Waals surface area contributed by atoms with Crippen molar-refractivity contribution in [2.24, 2.45) is 11.8 Å². The topological polar surface area (TPSA) is 84.2 Å². The molecular weight excluding hydrogens is 289 g/mol. The van der Waals surface area contributed by atoms with Crippen molar-refractivity contribution in [1.29, 1.82) is 0 Å². The van der Waals surface area contributed by atoms with Crippen LogP contribution in [0, 0.1) is 11.8 Å². The van der Waals surface area contributed by atoms with Gasteiger partial charge < -0.3 is 20.4 Å². The molecule has 1 saturated carbocycles. The molecule has 0 amide bonds. The van der Waals surface area contributed by atoms with Gasteiger partial charge in [-0.05, 0) is 51.4 Å². The van der Waals surface area contributed by atoms with Gasteiger partial charge in [-0.3, -0.25) is 4.90 Å². The number of likely N-dealkylation sites (tertiary alicyclic amines) is 1. The van der Waals surface area contributed by atoms with Crippen LogP contribution < -0.4 is 0 Å². The van der Waals surface area contributed by atoms with Crippen LogP contribution >= 0.6 is 0 Å². The monoisotopic (exact) mass is 319 g/mol. The predicted octanol–water partition coefficient (Wildman–Crippen LogP) is 0.300. The zero-order valence-corrected chi connectivity index (χ0v) is 13.5. The minimum absolute atomic E-state index is 0.0942. The number of hydrogen-bond donors (Lipinski definition) is 4. The molecular formula is C16H30FNO4.